The average Bonchev–Trinajstić information content (AvgIpc) is 3.13. The molecular formula is C27H22S. The van der Waals surface area contributed by atoms with Crippen LogP contribution >= 0.6 is 11.3 Å². The number of thiophene rings is 1. The van der Waals surface area contributed by atoms with Crippen molar-refractivity contribution < 1.29 is 0 Å². The van der Waals surface area contributed by atoms with Gasteiger partial charge in [-0.25, -0.2) is 0 Å². The van der Waals surface area contributed by atoms with Crippen molar-refractivity contribution in [1.82, 2.24) is 0 Å². The molecule has 0 atom stereocenters. The molecule has 0 radical (unpaired) electrons. The van der Waals surface area contributed by atoms with Gasteiger partial charge in [0.15, 0.2) is 0 Å². The molecule has 1 heteroatoms. The maximum Gasteiger partial charge on any atom is 0.0433 e. The van der Waals surface area contributed by atoms with Crippen LogP contribution in [0, 0.1) is 0 Å². The maximum absolute atomic E-state index is 2.37. The van der Waals surface area contributed by atoms with Crippen LogP contribution in [0.3, 0.4) is 0 Å². The summed E-state index contributed by atoms with van der Waals surface area (Å²) in [6.45, 7) is 4.61. The highest BCUT2D eigenvalue weighted by Crippen LogP contribution is 2.41. The van der Waals surface area contributed by atoms with Crippen molar-refractivity contribution in [2.24, 2.45) is 0 Å². The Balaban J connectivity index is 1.68. The largest absolute Gasteiger partial charge is 0.135 e. The van der Waals surface area contributed by atoms with Gasteiger partial charge in [0, 0.05) is 25.6 Å². The quantitative estimate of drug-likeness (QED) is 0.298. The van der Waals surface area contributed by atoms with E-state index in [0.717, 1.165) is 0 Å². The Kier molecular flexibility index (Phi) is 4.07. The highest BCUT2D eigenvalue weighted by Gasteiger charge is 2.23. The Morgan fingerprint density at radius 2 is 1.29 bits per heavy atom. The van der Waals surface area contributed by atoms with Gasteiger partial charge in [-0.2, -0.15) is 0 Å². The Bertz CT molecular complexity index is 1280. The van der Waals surface area contributed by atoms with Gasteiger partial charge in [0.05, 0.1) is 0 Å². The van der Waals surface area contributed by atoms with Gasteiger partial charge < -0.3 is 0 Å². The molecule has 0 aliphatic rings. The molecule has 0 bridgehead atoms. The minimum absolute atomic E-state index is 0.0364. The van der Waals surface area contributed by atoms with Crippen molar-refractivity contribution >= 4 is 31.5 Å². The van der Waals surface area contributed by atoms with E-state index in [-0.39, 0.29) is 5.41 Å². The highest BCUT2D eigenvalue weighted by molar-refractivity contribution is 7.26. The lowest BCUT2D eigenvalue weighted by molar-refractivity contribution is 0.641. The number of fused-ring (bicyclic) bond motifs is 3. The molecule has 0 saturated heterocycles. The van der Waals surface area contributed by atoms with Crippen LogP contribution in [0.1, 0.15) is 25.0 Å². The smallest absolute Gasteiger partial charge is 0.0433 e. The molecule has 0 unspecified atom stereocenters. The maximum atomic E-state index is 2.37. The van der Waals surface area contributed by atoms with Crippen LogP contribution < -0.4 is 0 Å². The van der Waals surface area contributed by atoms with Crippen molar-refractivity contribution in [2.45, 2.75) is 19.3 Å². The van der Waals surface area contributed by atoms with Crippen LogP contribution in [0.4, 0.5) is 0 Å². The second-order valence-corrected chi connectivity index (χ2v) is 8.90. The van der Waals surface area contributed by atoms with Gasteiger partial charge in [0.2, 0.25) is 0 Å². The van der Waals surface area contributed by atoms with E-state index in [2.05, 4.69) is 111 Å². The number of rotatable bonds is 3. The van der Waals surface area contributed by atoms with Crippen molar-refractivity contribution in [3.05, 3.63) is 108 Å². The first kappa shape index (κ1) is 17.2. The van der Waals surface area contributed by atoms with E-state index in [4.69, 9.17) is 0 Å². The van der Waals surface area contributed by atoms with Crippen molar-refractivity contribution in [3.63, 3.8) is 0 Å². The van der Waals surface area contributed by atoms with Crippen LogP contribution in [-0.2, 0) is 5.41 Å². The lowest BCUT2D eigenvalue weighted by Crippen LogP contribution is -2.18. The summed E-state index contributed by atoms with van der Waals surface area (Å²) in [6.07, 6.45) is 0. The first-order valence-corrected chi connectivity index (χ1v) is 10.5. The summed E-state index contributed by atoms with van der Waals surface area (Å²) >= 11 is 1.89. The Morgan fingerprint density at radius 3 is 2.14 bits per heavy atom. The molecule has 136 valence electrons. The first-order valence-electron chi connectivity index (χ1n) is 9.71. The molecule has 1 aromatic heterocycles. The third kappa shape index (κ3) is 2.75. The third-order valence-corrected chi connectivity index (χ3v) is 7.01. The van der Waals surface area contributed by atoms with Crippen LogP contribution in [0.2, 0.25) is 0 Å². The summed E-state index contributed by atoms with van der Waals surface area (Å²) in [5.41, 5.74) is 5.26. The van der Waals surface area contributed by atoms with Gasteiger partial charge >= 0.3 is 0 Å². The van der Waals surface area contributed by atoms with Gasteiger partial charge in [-0.1, -0.05) is 105 Å². The van der Waals surface area contributed by atoms with Crippen LogP contribution in [-0.4, -0.2) is 0 Å². The predicted octanol–water partition coefficient (Wildman–Crippen LogP) is 8.05. The monoisotopic (exact) mass is 378 g/mol. The molecule has 0 aliphatic heterocycles. The van der Waals surface area contributed by atoms with Crippen molar-refractivity contribution in [1.29, 1.82) is 0 Å². The molecule has 28 heavy (non-hydrogen) atoms. The molecule has 0 saturated carbocycles. The zero-order chi connectivity index (χ0) is 19.1. The molecule has 1 heterocycles. The molecule has 4 aromatic carbocycles. The van der Waals surface area contributed by atoms with Crippen molar-refractivity contribution in [3.8, 4) is 11.1 Å². The zero-order valence-corrected chi connectivity index (χ0v) is 17.0. The van der Waals surface area contributed by atoms with E-state index < -0.39 is 0 Å². The predicted molar refractivity (Wildman–Crippen MR) is 123 cm³/mol. The second-order valence-electron chi connectivity index (χ2n) is 7.85. The van der Waals surface area contributed by atoms with E-state index in [1.165, 1.54) is 42.4 Å². The molecule has 0 spiro atoms. The summed E-state index contributed by atoms with van der Waals surface area (Å²) in [7, 11) is 0. The first-order chi connectivity index (χ1) is 13.6. The molecule has 5 rings (SSSR count). The van der Waals surface area contributed by atoms with Crippen molar-refractivity contribution in [2.75, 3.05) is 0 Å². The summed E-state index contributed by atoms with van der Waals surface area (Å²) in [6, 6.07) is 35.2. The standard InChI is InChI=1S/C27H22S/c1-27(2,20-11-4-3-5-12-20)21-13-8-10-19(18-21)22-15-9-16-24-23-14-6-7-17-25(23)28-26(22)24/h3-18H,1-2H3. The molecule has 0 N–H and O–H groups in total. The minimum Gasteiger partial charge on any atom is -0.135 e. The second kappa shape index (κ2) is 6.61. The molecule has 0 aliphatic carbocycles. The van der Waals surface area contributed by atoms with E-state index in [0.29, 0.717) is 0 Å². The summed E-state index contributed by atoms with van der Waals surface area (Å²) in [4.78, 5) is 0. The van der Waals surface area contributed by atoms with Crippen LogP contribution in [0.5, 0.6) is 0 Å². The molecule has 0 nitrogen and oxygen atoms in total. The lowest BCUT2D eigenvalue weighted by atomic mass is 9.77. The van der Waals surface area contributed by atoms with E-state index >= 15 is 0 Å². The topological polar surface area (TPSA) is 0 Å². The van der Waals surface area contributed by atoms with Gasteiger partial charge in [-0.3, -0.25) is 0 Å². The fourth-order valence-corrected chi connectivity index (χ4v) is 5.31. The van der Waals surface area contributed by atoms with Crippen LogP contribution in [0.25, 0.3) is 31.3 Å². The minimum atomic E-state index is -0.0364. The van der Waals surface area contributed by atoms with Gasteiger partial charge in [0.1, 0.15) is 0 Å². The third-order valence-electron chi connectivity index (χ3n) is 5.80. The zero-order valence-electron chi connectivity index (χ0n) is 16.1. The summed E-state index contributed by atoms with van der Waals surface area (Å²) in [5.74, 6) is 0. The fraction of sp³-hybridized carbons (Fsp3) is 0.111. The van der Waals surface area contributed by atoms with Gasteiger partial charge in [-0.15, -0.1) is 11.3 Å². The van der Waals surface area contributed by atoms with Gasteiger partial charge in [0.25, 0.3) is 0 Å². The highest BCUT2D eigenvalue weighted by atomic mass is 32.1. The number of hydrogen-bond acceptors (Lipinski definition) is 1. The number of hydrogen-bond donors (Lipinski definition) is 0. The Labute approximate surface area is 170 Å². The summed E-state index contributed by atoms with van der Waals surface area (Å²) < 4.78 is 2.73. The average molecular weight is 379 g/mol. The number of benzene rings is 4. The molecule has 0 fully saturated rings. The molecule has 5 aromatic rings. The summed E-state index contributed by atoms with van der Waals surface area (Å²) in [5, 5.41) is 2.70. The van der Waals surface area contributed by atoms with E-state index in [1.54, 1.807) is 0 Å². The normalized spacial score (nSPS) is 11.9. The molecular weight excluding hydrogens is 356 g/mol. The van der Waals surface area contributed by atoms with E-state index in [9.17, 15) is 0 Å². The van der Waals surface area contributed by atoms with Gasteiger partial charge in [-0.05, 0) is 28.3 Å². The lowest BCUT2D eigenvalue weighted by Gasteiger charge is -2.26. The Morgan fingerprint density at radius 1 is 0.607 bits per heavy atom. The fourth-order valence-electron chi connectivity index (χ4n) is 4.07. The SMILES string of the molecule is CC(C)(c1ccccc1)c1cccc(-c2cccc3c2sc2ccccc23)c1. The molecule has 0 amide bonds. The van der Waals surface area contributed by atoms with Crippen LogP contribution in [0.15, 0.2) is 97.1 Å². The van der Waals surface area contributed by atoms with E-state index in [1.807, 2.05) is 11.3 Å². The Hall–Kier alpha value is -2.90.